The van der Waals surface area contributed by atoms with Crippen molar-refractivity contribution in [3.63, 3.8) is 0 Å². The van der Waals surface area contributed by atoms with Gasteiger partial charge in [0, 0.05) is 11.6 Å². The SMILES string of the molecule is CCOC(=O)CC(NC1CC1)C(=O)c1ccc(C)c(C)c1. The van der Waals surface area contributed by atoms with Crippen LogP contribution in [0.15, 0.2) is 18.2 Å². The molecule has 0 amide bonds. The Hall–Kier alpha value is -1.68. The van der Waals surface area contributed by atoms with Gasteiger partial charge in [-0.3, -0.25) is 9.59 Å². The predicted molar refractivity (Wildman–Crippen MR) is 81.4 cm³/mol. The molecule has 0 aromatic heterocycles. The molecule has 114 valence electrons. The molecule has 2 rings (SSSR count). The van der Waals surface area contributed by atoms with Crippen LogP contribution in [0, 0.1) is 13.8 Å². The van der Waals surface area contributed by atoms with Crippen LogP contribution in [-0.2, 0) is 9.53 Å². The van der Waals surface area contributed by atoms with E-state index in [1.165, 1.54) is 0 Å². The van der Waals surface area contributed by atoms with Crippen LogP contribution in [-0.4, -0.2) is 30.4 Å². The molecule has 0 aliphatic heterocycles. The van der Waals surface area contributed by atoms with Gasteiger partial charge in [-0.05, 0) is 50.8 Å². The Bertz CT molecular complexity index is 535. The third-order valence-corrected chi connectivity index (χ3v) is 3.80. The topological polar surface area (TPSA) is 55.4 Å². The highest BCUT2D eigenvalue weighted by Crippen LogP contribution is 2.22. The van der Waals surface area contributed by atoms with E-state index in [-0.39, 0.29) is 18.2 Å². The minimum absolute atomic E-state index is 0.0296. The number of benzene rings is 1. The zero-order valence-corrected chi connectivity index (χ0v) is 12.9. The molecule has 0 saturated heterocycles. The molecule has 1 aliphatic rings. The first-order valence-electron chi connectivity index (χ1n) is 7.54. The summed E-state index contributed by atoms with van der Waals surface area (Å²) in [4.78, 5) is 24.3. The van der Waals surface area contributed by atoms with Gasteiger partial charge in [-0.1, -0.05) is 12.1 Å². The van der Waals surface area contributed by atoms with Crippen molar-refractivity contribution in [2.75, 3.05) is 6.61 Å². The number of carbonyl (C=O) groups is 2. The van der Waals surface area contributed by atoms with Crippen molar-refractivity contribution in [1.82, 2.24) is 5.32 Å². The molecule has 0 bridgehead atoms. The highest BCUT2D eigenvalue weighted by molar-refractivity contribution is 6.02. The fourth-order valence-corrected chi connectivity index (χ4v) is 2.24. The standard InChI is InChI=1S/C17H23NO3/c1-4-21-16(19)10-15(18-14-7-8-14)17(20)13-6-5-11(2)12(3)9-13/h5-6,9,14-15,18H,4,7-8,10H2,1-3H3. The van der Waals surface area contributed by atoms with Crippen molar-refractivity contribution < 1.29 is 14.3 Å². The fraction of sp³-hybridized carbons (Fsp3) is 0.529. The number of Topliss-reactive ketones (excluding diaryl/α,β-unsaturated/α-hetero) is 1. The molecule has 1 fully saturated rings. The second-order valence-electron chi connectivity index (χ2n) is 5.67. The molecule has 1 N–H and O–H groups in total. The molecule has 1 aromatic carbocycles. The van der Waals surface area contributed by atoms with Gasteiger partial charge in [-0.15, -0.1) is 0 Å². The molecule has 0 spiro atoms. The van der Waals surface area contributed by atoms with Crippen LogP contribution in [0.5, 0.6) is 0 Å². The number of hydrogen-bond acceptors (Lipinski definition) is 4. The van der Waals surface area contributed by atoms with E-state index in [0.717, 1.165) is 24.0 Å². The van der Waals surface area contributed by atoms with Crippen LogP contribution >= 0.6 is 0 Å². The third-order valence-electron chi connectivity index (χ3n) is 3.80. The largest absolute Gasteiger partial charge is 0.466 e. The molecule has 4 nitrogen and oxygen atoms in total. The second kappa shape index (κ2) is 6.85. The van der Waals surface area contributed by atoms with Crippen LogP contribution in [0.2, 0.25) is 0 Å². The van der Waals surface area contributed by atoms with E-state index in [1.54, 1.807) is 6.92 Å². The first-order valence-corrected chi connectivity index (χ1v) is 7.54. The summed E-state index contributed by atoms with van der Waals surface area (Å²) < 4.78 is 4.97. The molecule has 0 heterocycles. The Labute approximate surface area is 125 Å². The molecule has 1 aliphatic carbocycles. The summed E-state index contributed by atoms with van der Waals surface area (Å²) >= 11 is 0. The minimum atomic E-state index is -0.487. The summed E-state index contributed by atoms with van der Waals surface area (Å²) in [6, 6.07) is 5.54. The summed E-state index contributed by atoms with van der Waals surface area (Å²) in [7, 11) is 0. The Balaban J connectivity index is 2.11. The maximum absolute atomic E-state index is 12.6. The Morgan fingerprint density at radius 1 is 1.29 bits per heavy atom. The third kappa shape index (κ3) is 4.39. The van der Waals surface area contributed by atoms with E-state index in [2.05, 4.69) is 5.32 Å². The monoisotopic (exact) mass is 289 g/mol. The van der Waals surface area contributed by atoms with Crippen molar-refractivity contribution in [3.8, 4) is 0 Å². The Morgan fingerprint density at radius 2 is 2.00 bits per heavy atom. The van der Waals surface area contributed by atoms with Crippen LogP contribution in [0.1, 0.15) is 47.7 Å². The van der Waals surface area contributed by atoms with Gasteiger partial charge >= 0.3 is 5.97 Å². The average Bonchev–Trinajstić information content (AvgIpc) is 3.24. The van der Waals surface area contributed by atoms with Crippen LogP contribution in [0.3, 0.4) is 0 Å². The van der Waals surface area contributed by atoms with E-state index >= 15 is 0 Å². The molecule has 1 atom stereocenters. The van der Waals surface area contributed by atoms with Crippen molar-refractivity contribution in [1.29, 1.82) is 0 Å². The summed E-state index contributed by atoms with van der Waals surface area (Å²) in [6.45, 7) is 6.11. The van der Waals surface area contributed by atoms with Gasteiger partial charge in [0.2, 0.25) is 0 Å². The van der Waals surface area contributed by atoms with Crippen molar-refractivity contribution in [2.24, 2.45) is 0 Å². The number of nitrogens with one attached hydrogen (secondary N) is 1. The normalized spacial score (nSPS) is 15.6. The molecular formula is C17H23NO3. The number of esters is 1. The van der Waals surface area contributed by atoms with E-state index < -0.39 is 6.04 Å². The fourth-order valence-electron chi connectivity index (χ4n) is 2.24. The van der Waals surface area contributed by atoms with Crippen LogP contribution < -0.4 is 5.32 Å². The summed E-state index contributed by atoms with van der Waals surface area (Å²) in [5, 5.41) is 3.26. The second-order valence-corrected chi connectivity index (χ2v) is 5.67. The number of ketones is 1. The molecule has 1 aromatic rings. The van der Waals surface area contributed by atoms with Gasteiger partial charge in [0.15, 0.2) is 5.78 Å². The lowest BCUT2D eigenvalue weighted by atomic mass is 9.98. The van der Waals surface area contributed by atoms with Crippen molar-refractivity contribution >= 4 is 11.8 Å². The zero-order chi connectivity index (χ0) is 15.4. The van der Waals surface area contributed by atoms with E-state index in [0.29, 0.717) is 18.2 Å². The van der Waals surface area contributed by atoms with Gasteiger partial charge in [0.05, 0.1) is 19.1 Å². The van der Waals surface area contributed by atoms with Crippen LogP contribution in [0.25, 0.3) is 0 Å². The lowest BCUT2D eigenvalue weighted by Gasteiger charge is -2.17. The van der Waals surface area contributed by atoms with Gasteiger partial charge in [0.25, 0.3) is 0 Å². The lowest BCUT2D eigenvalue weighted by molar-refractivity contribution is -0.143. The summed E-state index contributed by atoms with van der Waals surface area (Å²) in [6.07, 6.45) is 2.23. The van der Waals surface area contributed by atoms with Crippen LogP contribution in [0.4, 0.5) is 0 Å². The van der Waals surface area contributed by atoms with E-state index in [9.17, 15) is 9.59 Å². The quantitative estimate of drug-likeness (QED) is 0.619. The lowest BCUT2D eigenvalue weighted by Crippen LogP contribution is -2.40. The number of hydrogen-bond donors (Lipinski definition) is 1. The Kier molecular flexibility index (Phi) is 5.12. The first kappa shape index (κ1) is 15.7. The predicted octanol–water partition coefficient (Wildman–Crippen LogP) is 2.56. The number of aryl methyl sites for hydroxylation is 2. The Morgan fingerprint density at radius 3 is 2.57 bits per heavy atom. The van der Waals surface area contributed by atoms with Gasteiger partial charge in [-0.2, -0.15) is 0 Å². The average molecular weight is 289 g/mol. The first-order chi connectivity index (χ1) is 10.0. The molecule has 1 saturated carbocycles. The smallest absolute Gasteiger partial charge is 0.307 e. The van der Waals surface area contributed by atoms with Crippen molar-refractivity contribution in [3.05, 3.63) is 34.9 Å². The number of ether oxygens (including phenoxy) is 1. The zero-order valence-electron chi connectivity index (χ0n) is 12.9. The summed E-state index contributed by atoms with van der Waals surface area (Å²) in [5.41, 5.74) is 2.89. The minimum Gasteiger partial charge on any atom is -0.466 e. The van der Waals surface area contributed by atoms with Gasteiger partial charge in [0.1, 0.15) is 0 Å². The molecule has 1 unspecified atom stereocenters. The highest BCUT2D eigenvalue weighted by atomic mass is 16.5. The number of rotatable bonds is 7. The van der Waals surface area contributed by atoms with Crippen molar-refractivity contribution in [2.45, 2.75) is 52.1 Å². The molecule has 0 radical (unpaired) electrons. The van der Waals surface area contributed by atoms with Gasteiger partial charge < -0.3 is 10.1 Å². The number of carbonyl (C=O) groups excluding carboxylic acids is 2. The highest BCUT2D eigenvalue weighted by Gasteiger charge is 2.30. The maximum Gasteiger partial charge on any atom is 0.307 e. The molecule has 4 heteroatoms. The summed E-state index contributed by atoms with van der Waals surface area (Å²) in [5.74, 6) is -0.356. The molecular weight excluding hydrogens is 266 g/mol. The van der Waals surface area contributed by atoms with E-state index in [1.807, 2.05) is 32.0 Å². The van der Waals surface area contributed by atoms with E-state index in [4.69, 9.17) is 4.74 Å². The molecule has 21 heavy (non-hydrogen) atoms. The maximum atomic E-state index is 12.6. The van der Waals surface area contributed by atoms with Gasteiger partial charge in [-0.25, -0.2) is 0 Å².